The van der Waals surface area contributed by atoms with Gasteiger partial charge in [-0.2, -0.15) is 10.4 Å². The van der Waals surface area contributed by atoms with Crippen molar-refractivity contribution in [2.45, 2.75) is 6.54 Å². The summed E-state index contributed by atoms with van der Waals surface area (Å²) in [6, 6.07) is 11.7. The Morgan fingerprint density at radius 1 is 1.16 bits per heavy atom. The smallest absolute Gasteiger partial charge is 0.332 e. The number of hydrogen-bond donors (Lipinski definition) is 1. The van der Waals surface area contributed by atoms with Crippen LogP contribution in [-0.4, -0.2) is 18.9 Å². The molecule has 8 heteroatoms. The molecule has 0 aliphatic rings. The third-order valence-corrected chi connectivity index (χ3v) is 3.86. The topological polar surface area (TPSA) is 97.6 Å². The molecule has 0 saturated heterocycles. The maximum absolute atomic E-state index is 12.1. The van der Waals surface area contributed by atoms with E-state index in [1.54, 1.807) is 17.1 Å². The van der Waals surface area contributed by atoms with Crippen molar-refractivity contribution in [2.24, 2.45) is 14.1 Å². The first-order valence-electron chi connectivity index (χ1n) is 7.54. The van der Waals surface area contributed by atoms with E-state index in [4.69, 9.17) is 0 Å². The van der Waals surface area contributed by atoms with Crippen molar-refractivity contribution in [3.63, 3.8) is 0 Å². The van der Waals surface area contributed by atoms with E-state index in [2.05, 4.69) is 10.4 Å². The van der Waals surface area contributed by atoms with Crippen LogP contribution in [0.3, 0.4) is 0 Å². The lowest BCUT2D eigenvalue weighted by molar-refractivity contribution is 0.686. The molecule has 0 bridgehead atoms. The predicted molar refractivity (Wildman–Crippen MR) is 92.7 cm³/mol. The molecule has 1 aromatic carbocycles. The largest absolute Gasteiger partial charge is 0.338 e. The molecule has 0 spiro atoms. The molecule has 2 heterocycles. The summed E-state index contributed by atoms with van der Waals surface area (Å²) < 4.78 is 3.86. The number of nitrogens with one attached hydrogen (secondary N) is 1. The molecule has 8 nitrogen and oxygen atoms in total. The fourth-order valence-corrected chi connectivity index (χ4v) is 2.51. The minimum Gasteiger partial charge on any atom is -0.338 e. The Hall–Kier alpha value is -3.60. The highest BCUT2D eigenvalue weighted by Crippen LogP contribution is 2.16. The predicted octanol–water partition coefficient (Wildman–Crippen LogP) is 0.944. The van der Waals surface area contributed by atoms with Crippen LogP contribution >= 0.6 is 0 Å². The fourth-order valence-electron chi connectivity index (χ4n) is 2.51. The number of nitrogens with zero attached hydrogens (tertiary/aromatic N) is 5. The van der Waals surface area contributed by atoms with Gasteiger partial charge in [-0.25, -0.2) is 4.79 Å². The maximum Gasteiger partial charge on any atom is 0.332 e. The number of anilines is 2. The van der Waals surface area contributed by atoms with Crippen molar-refractivity contribution < 1.29 is 0 Å². The molecular formula is C17H16N6O2. The van der Waals surface area contributed by atoms with Crippen LogP contribution in [0.2, 0.25) is 0 Å². The fraction of sp³-hybridized carbons (Fsp3) is 0.176. The number of hydrogen-bond acceptors (Lipinski definition) is 5. The summed E-state index contributed by atoms with van der Waals surface area (Å²) in [5.74, 6) is 0.148. The SMILES string of the molecule is Cn1c(Nc2cnn(Cc3ccccc3)c2)c(C#N)c(=O)n(C)c1=O. The van der Waals surface area contributed by atoms with Crippen molar-refractivity contribution in [3.05, 3.63) is 74.7 Å². The van der Waals surface area contributed by atoms with Gasteiger partial charge in [-0.1, -0.05) is 30.3 Å². The average Bonchev–Trinajstić information content (AvgIpc) is 3.06. The van der Waals surface area contributed by atoms with E-state index in [0.717, 1.165) is 10.1 Å². The van der Waals surface area contributed by atoms with Gasteiger partial charge in [-0.15, -0.1) is 0 Å². The van der Waals surface area contributed by atoms with E-state index in [1.165, 1.54) is 18.7 Å². The Morgan fingerprint density at radius 2 is 1.88 bits per heavy atom. The second-order valence-corrected chi connectivity index (χ2v) is 5.58. The number of benzene rings is 1. The van der Waals surface area contributed by atoms with Gasteiger partial charge in [0.2, 0.25) is 0 Å². The second kappa shape index (κ2) is 6.49. The van der Waals surface area contributed by atoms with Crippen molar-refractivity contribution >= 4 is 11.5 Å². The third-order valence-electron chi connectivity index (χ3n) is 3.86. The quantitative estimate of drug-likeness (QED) is 0.765. The van der Waals surface area contributed by atoms with Crippen LogP contribution < -0.4 is 16.6 Å². The zero-order chi connectivity index (χ0) is 18.0. The normalized spacial score (nSPS) is 10.4. The Kier molecular flexibility index (Phi) is 4.22. The lowest BCUT2D eigenvalue weighted by atomic mass is 10.2. The highest BCUT2D eigenvalue weighted by atomic mass is 16.2. The molecule has 2 aromatic heterocycles. The number of aromatic nitrogens is 4. The van der Waals surface area contributed by atoms with E-state index in [0.29, 0.717) is 12.2 Å². The Morgan fingerprint density at radius 3 is 2.56 bits per heavy atom. The molecule has 0 radical (unpaired) electrons. The lowest BCUT2D eigenvalue weighted by Crippen LogP contribution is -2.39. The number of nitriles is 1. The summed E-state index contributed by atoms with van der Waals surface area (Å²) in [7, 11) is 2.84. The first kappa shape index (κ1) is 16.3. The first-order valence-corrected chi connectivity index (χ1v) is 7.54. The van der Waals surface area contributed by atoms with Crippen LogP contribution in [0.25, 0.3) is 0 Å². The van der Waals surface area contributed by atoms with E-state index < -0.39 is 11.2 Å². The van der Waals surface area contributed by atoms with Crippen LogP contribution in [0.5, 0.6) is 0 Å². The molecule has 25 heavy (non-hydrogen) atoms. The average molecular weight is 336 g/mol. The zero-order valence-electron chi connectivity index (χ0n) is 13.8. The molecular weight excluding hydrogens is 320 g/mol. The summed E-state index contributed by atoms with van der Waals surface area (Å²) >= 11 is 0. The summed E-state index contributed by atoms with van der Waals surface area (Å²) in [6.07, 6.45) is 3.32. The van der Waals surface area contributed by atoms with E-state index in [-0.39, 0.29) is 11.4 Å². The molecule has 0 atom stereocenters. The summed E-state index contributed by atoms with van der Waals surface area (Å²) in [4.78, 5) is 24.2. The summed E-state index contributed by atoms with van der Waals surface area (Å²) in [5.41, 5.74) is 0.403. The van der Waals surface area contributed by atoms with Crippen molar-refractivity contribution in [2.75, 3.05) is 5.32 Å². The minimum absolute atomic E-state index is 0.125. The van der Waals surface area contributed by atoms with Crippen LogP contribution in [0.15, 0.2) is 52.3 Å². The molecule has 0 fully saturated rings. The third kappa shape index (κ3) is 3.07. The molecule has 3 aromatic rings. The molecule has 126 valence electrons. The van der Waals surface area contributed by atoms with Crippen LogP contribution in [0.4, 0.5) is 11.5 Å². The molecule has 0 aliphatic heterocycles. The minimum atomic E-state index is -0.634. The lowest BCUT2D eigenvalue weighted by Gasteiger charge is -2.12. The van der Waals surface area contributed by atoms with Crippen LogP contribution in [0.1, 0.15) is 11.1 Å². The van der Waals surface area contributed by atoms with Gasteiger partial charge in [0.1, 0.15) is 11.9 Å². The standard InChI is InChI=1S/C17H16N6O2/c1-21-15(14(8-18)16(24)22(2)17(21)25)20-13-9-19-23(11-13)10-12-6-4-3-5-7-12/h3-7,9,11,20H,10H2,1-2H3. The molecule has 0 amide bonds. The van der Waals surface area contributed by atoms with Crippen molar-refractivity contribution in [3.8, 4) is 6.07 Å². The van der Waals surface area contributed by atoms with Gasteiger partial charge < -0.3 is 5.32 Å². The van der Waals surface area contributed by atoms with Gasteiger partial charge in [-0.05, 0) is 5.56 Å². The highest BCUT2D eigenvalue weighted by Gasteiger charge is 2.16. The Balaban J connectivity index is 1.93. The second-order valence-electron chi connectivity index (χ2n) is 5.58. The summed E-state index contributed by atoms with van der Waals surface area (Å²) in [6.45, 7) is 0.586. The van der Waals surface area contributed by atoms with Gasteiger partial charge in [-0.3, -0.25) is 18.6 Å². The van der Waals surface area contributed by atoms with Gasteiger partial charge >= 0.3 is 5.69 Å². The Labute approximate surface area is 143 Å². The van der Waals surface area contributed by atoms with Gasteiger partial charge in [0.15, 0.2) is 5.56 Å². The molecule has 1 N–H and O–H groups in total. The van der Waals surface area contributed by atoms with Gasteiger partial charge in [0.05, 0.1) is 18.4 Å². The van der Waals surface area contributed by atoms with Crippen molar-refractivity contribution in [1.82, 2.24) is 18.9 Å². The molecule has 3 rings (SSSR count). The summed E-state index contributed by atoms with van der Waals surface area (Å²) in [5, 5.41) is 16.5. The number of rotatable bonds is 4. The van der Waals surface area contributed by atoms with Crippen molar-refractivity contribution in [1.29, 1.82) is 5.26 Å². The van der Waals surface area contributed by atoms with E-state index in [9.17, 15) is 14.9 Å². The van der Waals surface area contributed by atoms with Gasteiger partial charge in [0, 0.05) is 20.3 Å². The molecule has 0 unspecified atom stereocenters. The van der Waals surface area contributed by atoms with Crippen LogP contribution in [0, 0.1) is 11.3 Å². The van der Waals surface area contributed by atoms with Crippen LogP contribution in [-0.2, 0) is 20.6 Å². The molecule has 0 saturated carbocycles. The highest BCUT2D eigenvalue weighted by molar-refractivity contribution is 5.61. The zero-order valence-corrected chi connectivity index (χ0v) is 13.8. The van der Waals surface area contributed by atoms with E-state index in [1.807, 2.05) is 36.4 Å². The molecule has 0 aliphatic carbocycles. The van der Waals surface area contributed by atoms with Gasteiger partial charge in [0.25, 0.3) is 5.56 Å². The van der Waals surface area contributed by atoms with E-state index >= 15 is 0 Å². The maximum atomic E-state index is 12.1. The monoisotopic (exact) mass is 336 g/mol. The first-order chi connectivity index (χ1) is 12.0. The Bertz CT molecular complexity index is 1070.